The van der Waals surface area contributed by atoms with E-state index in [2.05, 4.69) is 15.1 Å². The Kier molecular flexibility index (Phi) is 5.14. The van der Waals surface area contributed by atoms with Crippen LogP contribution in [0.2, 0.25) is 0 Å². The van der Waals surface area contributed by atoms with Crippen LogP contribution in [-0.2, 0) is 0 Å². The maximum atomic E-state index is 3.48. The monoisotopic (exact) mass is 265 g/mol. The van der Waals surface area contributed by atoms with E-state index in [1.165, 1.54) is 90.8 Å². The first kappa shape index (κ1) is 13.8. The van der Waals surface area contributed by atoms with Crippen molar-refractivity contribution in [3.05, 3.63) is 0 Å². The standard InChI is InChI=1S/C16H31N3/c1-2-10-19(11-3-1)16-7-12-18(14-16)9-4-5-15-6-8-17-13-15/h15-17H,1-14H2. The highest BCUT2D eigenvalue weighted by Crippen LogP contribution is 2.21. The molecule has 0 bridgehead atoms. The highest BCUT2D eigenvalue weighted by Gasteiger charge is 2.28. The van der Waals surface area contributed by atoms with Crippen molar-refractivity contribution < 1.29 is 0 Å². The van der Waals surface area contributed by atoms with Gasteiger partial charge in [-0.15, -0.1) is 0 Å². The van der Waals surface area contributed by atoms with E-state index in [4.69, 9.17) is 0 Å². The first-order valence-corrected chi connectivity index (χ1v) is 8.59. The van der Waals surface area contributed by atoms with Crippen molar-refractivity contribution in [2.24, 2.45) is 5.92 Å². The SMILES string of the molecule is C1CCN(C2CCN(CCCC3CCNC3)C2)CC1. The van der Waals surface area contributed by atoms with Gasteiger partial charge < -0.3 is 10.2 Å². The van der Waals surface area contributed by atoms with Crippen LogP contribution in [0.4, 0.5) is 0 Å². The molecule has 3 rings (SSSR count). The lowest BCUT2D eigenvalue weighted by molar-refractivity contribution is 0.161. The van der Waals surface area contributed by atoms with Crippen LogP contribution in [0.15, 0.2) is 0 Å². The minimum Gasteiger partial charge on any atom is -0.316 e. The van der Waals surface area contributed by atoms with Crippen LogP contribution in [0.3, 0.4) is 0 Å². The molecule has 0 aromatic heterocycles. The van der Waals surface area contributed by atoms with Crippen LogP contribution < -0.4 is 5.32 Å². The number of likely N-dealkylation sites (tertiary alicyclic amines) is 2. The summed E-state index contributed by atoms with van der Waals surface area (Å²) in [6, 6.07) is 0.883. The van der Waals surface area contributed by atoms with Gasteiger partial charge in [-0.05, 0) is 83.7 Å². The van der Waals surface area contributed by atoms with Gasteiger partial charge in [0.25, 0.3) is 0 Å². The second-order valence-corrected chi connectivity index (χ2v) is 6.84. The summed E-state index contributed by atoms with van der Waals surface area (Å²) in [4.78, 5) is 5.49. The van der Waals surface area contributed by atoms with E-state index < -0.39 is 0 Å². The molecule has 2 unspecified atom stereocenters. The Bertz CT molecular complexity index is 257. The van der Waals surface area contributed by atoms with Crippen LogP contribution in [0.25, 0.3) is 0 Å². The molecule has 0 radical (unpaired) electrons. The van der Waals surface area contributed by atoms with Gasteiger partial charge in [0.1, 0.15) is 0 Å². The Morgan fingerprint density at radius 1 is 1.00 bits per heavy atom. The van der Waals surface area contributed by atoms with Crippen molar-refractivity contribution in [2.45, 2.75) is 51.0 Å². The first-order valence-electron chi connectivity index (χ1n) is 8.59. The van der Waals surface area contributed by atoms with Gasteiger partial charge in [0.15, 0.2) is 0 Å². The molecular formula is C16H31N3. The molecule has 3 aliphatic heterocycles. The predicted molar refractivity (Wildman–Crippen MR) is 80.5 cm³/mol. The van der Waals surface area contributed by atoms with E-state index in [-0.39, 0.29) is 0 Å². The molecule has 3 fully saturated rings. The third-order valence-corrected chi connectivity index (χ3v) is 5.40. The van der Waals surface area contributed by atoms with Crippen molar-refractivity contribution in [1.29, 1.82) is 0 Å². The summed E-state index contributed by atoms with van der Waals surface area (Å²) < 4.78 is 0. The molecule has 3 aliphatic rings. The maximum Gasteiger partial charge on any atom is 0.0235 e. The van der Waals surface area contributed by atoms with Gasteiger partial charge in [-0.3, -0.25) is 4.90 Å². The number of nitrogens with zero attached hydrogens (tertiary/aromatic N) is 2. The first-order chi connectivity index (χ1) is 9.42. The number of rotatable bonds is 5. The molecule has 0 spiro atoms. The molecule has 0 saturated carbocycles. The minimum absolute atomic E-state index is 0.883. The van der Waals surface area contributed by atoms with Crippen LogP contribution in [-0.4, -0.2) is 61.7 Å². The lowest BCUT2D eigenvalue weighted by Crippen LogP contribution is -2.40. The van der Waals surface area contributed by atoms with Gasteiger partial charge >= 0.3 is 0 Å². The topological polar surface area (TPSA) is 18.5 Å². The molecule has 0 aromatic rings. The molecule has 110 valence electrons. The van der Waals surface area contributed by atoms with Crippen molar-refractivity contribution in [3.63, 3.8) is 0 Å². The molecule has 3 heterocycles. The highest BCUT2D eigenvalue weighted by molar-refractivity contribution is 4.85. The summed E-state index contributed by atoms with van der Waals surface area (Å²) in [6.45, 7) is 9.31. The van der Waals surface area contributed by atoms with Gasteiger partial charge in [0.2, 0.25) is 0 Å². The summed E-state index contributed by atoms with van der Waals surface area (Å²) in [7, 11) is 0. The van der Waals surface area contributed by atoms with E-state index in [1.807, 2.05) is 0 Å². The van der Waals surface area contributed by atoms with Crippen LogP contribution in [0, 0.1) is 5.92 Å². The van der Waals surface area contributed by atoms with Gasteiger partial charge in [-0.1, -0.05) is 6.42 Å². The Balaban J connectivity index is 1.32. The van der Waals surface area contributed by atoms with E-state index in [9.17, 15) is 0 Å². The fourth-order valence-electron chi connectivity index (χ4n) is 4.16. The van der Waals surface area contributed by atoms with Crippen molar-refractivity contribution in [2.75, 3.05) is 45.8 Å². The Morgan fingerprint density at radius 2 is 1.89 bits per heavy atom. The average Bonchev–Trinajstić information content (AvgIpc) is 3.11. The van der Waals surface area contributed by atoms with Gasteiger partial charge in [0, 0.05) is 12.6 Å². The summed E-state index contributed by atoms with van der Waals surface area (Å²) in [5.41, 5.74) is 0. The second kappa shape index (κ2) is 7.05. The third kappa shape index (κ3) is 3.93. The summed E-state index contributed by atoms with van der Waals surface area (Å²) in [5.74, 6) is 0.973. The molecule has 2 atom stereocenters. The maximum absolute atomic E-state index is 3.48. The number of nitrogens with one attached hydrogen (secondary N) is 1. The van der Waals surface area contributed by atoms with Crippen LogP contribution in [0.5, 0.6) is 0 Å². The predicted octanol–water partition coefficient (Wildman–Crippen LogP) is 1.94. The lowest BCUT2D eigenvalue weighted by Gasteiger charge is -2.32. The second-order valence-electron chi connectivity index (χ2n) is 6.84. The molecule has 0 aliphatic carbocycles. The van der Waals surface area contributed by atoms with Crippen molar-refractivity contribution >= 4 is 0 Å². The summed E-state index contributed by atoms with van der Waals surface area (Å²) in [6.07, 6.45) is 10.0. The molecule has 3 nitrogen and oxygen atoms in total. The van der Waals surface area contributed by atoms with Gasteiger partial charge in [-0.2, -0.15) is 0 Å². The van der Waals surface area contributed by atoms with E-state index in [0.29, 0.717) is 0 Å². The summed E-state index contributed by atoms with van der Waals surface area (Å²) >= 11 is 0. The van der Waals surface area contributed by atoms with E-state index in [1.54, 1.807) is 0 Å². The zero-order chi connectivity index (χ0) is 12.9. The quantitative estimate of drug-likeness (QED) is 0.819. The third-order valence-electron chi connectivity index (χ3n) is 5.40. The molecular weight excluding hydrogens is 234 g/mol. The van der Waals surface area contributed by atoms with Crippen LogP contribution in [0.1, 0.15) is 44.9 Å². The number of piperidine rings is 1. The minimum atomic E-state index is 0.883. The largest absolute Gasteiger partial charge is 0.316 e. The molecule has 3 saturated heterocycles. The van der Waals surface area contributed by atoms with E-state index in [0.717, 1.165) is 12.0 Å². The fraction of sp³-hybridized carbons (Fsp3) is 1.00. The Morgan fingerprint density at radius 3 is 2.68 bits per heavy atom. The van der Waals surface area contributed by atoms with Gasteiger partial charge in [-0.25, -0.2) is 0 Å². The average molecular weight is 265 g/mol. The molecule has 0 amide bonds. The number of hydrogen-bond donors (Lipinski definition) is 1. The molecule has 1 N–H and O–H groups in total. The lowest BCUT2D eigenvalue weighted by atomic mass is 10.0. The van der Waals surface area contributed by atoms with Crippen LogP contribution >= 0.6 is 0 Å². The zero-order valence-electron chi connectivity index (χ0n) is 12.4. The molecule has 3 heteroatoms. The zero-order valence-corrected chi connectivity index (χ0v) is 12.4. The smallest absolute Gasteiger partial charge is 0.0235 e. The van der Waals surface area contributed by atoms with Crippen molar-refractivity contribution in [1.82, 2.24) is 15.1 Å². The van der Waals surface area contributed by atoms with E-state index >= 15 is 0 Å². The normalized spacial score (nSPS) is 34.1. The fourth-order valence-corrected chi connectivity index (χ4v) is 4.16. The Hall–Kier alpha value is -0.120. The highest BCUT2D eigenvalue weighted by atomic mass is 15.3. The Labute approximate surface area is 118 Å². The van der Waals surface area contributed by atoms with Gasteiger partial charge in [0.05, 0.1) is 0 Å². The number of hydrogen-bond acceptors (Lipinski definition) is 3. The van der Waals surface area contributed by atoms with Crippen molar-refractivity contribution in [3.8, 4) is 0 Å². The molecule has 19 heavy (non-hydrogen) atoms. The summed E-state index contributed by atoms with van der Waals surface area (Å²) in [5, 5.41) is 3.48. The molecule has 0 aromatic carbocycles.